The Morgan fingerprint density at radius 1 is 1.22 bits per heavy atom. The van der Waals surface area contributed by atoms with Gasteiger partial charge in [-0.3, -0.25) is 14.4 Å². The summed E-state index contributed by atoms with van der Waals surface area (Å²) in [5.74, 6) is -0.445. The molecule has 1 aromatic rings. The molecule has 1 aromatic carbocycles. The van der Waals surface area contributed by atoms with Gasteiger partial charge in [0, 0.05) is 45.0 Å². The van der Waals surface area contributed by atoms with E-state index in [0.717, 1.165) is 32.7 Å². The lowest BCUT2D eigenvalue weighted by atomic mass is 10.3. The second kappa shape index (κ2) is 11.3. The van der Waals surface area contributed by atoms with Gasteiger partial charge in [0.2, 0.25) is 15.9 Å². The van der Waals surface area contributed by atoms with Gasteiger partial charge in [0.05, 0.1) is 6.10 Å². The molecule has 1 amide bonds. The monoisotopic (exact) mass is 420 g/mol. The molecule has 0 aliphatic carbocycles. The number of carbonyl (C=O) groups excluding carboxylic acids is 1. The Morgan fingerprint density at radius 3 is 2.44 bits per heavy atom. The number of hydrogen-bond donors (Lipinski definition) is 3. The molecule has 1 saturated heterocycles. The molecule has 10 heteroatoms. The zero-order chi connectivity index (χ0) is 19.0. The van der Waals surface area contributed by atoms with Crippen LogP contribution in [0.5, 0.6) is 5.75 Å². The lowest BCUT2D eigenvalue weighted by molar-refractivity contribution is -0.118. The van der Waals surface area contributed by atoms with Crippen molar-refractivity contribution in [1.82, 2.24) is 15.5 Å². The number of amides is 1. The quantitative estimate of drug-likeness (QED) is 0.542. The number of halogens is 1. The Labute approximate surface area is 167 Å². The van der Waals surface area contributed by atoms with Crippen LogP contribution in [0.25, 0.3) is 0 Å². The van der Waals surface area contributed by atoms with E-state index in [1.807, 2.05) is 13.8 Å². The maximum atomic E-state index is 12.1. The molecule has 0 atom stereocenters. The molecule has 0 unspecified atom stereocenters. The topological polar surface area (TPSA) is 99.8 Å². The minimum atomic E-state index is -3.75. The molecular formula is C17H29ClN4O4S. The van der Waals surface area contributed by atoms with Crippen LogP contribution < -0.4 is 20.1 Å². The summed E-state index contributed by atoms with van der Waals surface area (Å²) in [5.41, 5.74) is 0.398. The van der Waals surface area contributed by atoms with Crippen LogP contribution in [0, 0.1) is 0 Å². The van der Waals surface area contributed by atoms with E-state index >= 15 is 0 Å². The minimum Gasteiger partial charge on any atom is -0.491 e. The predicted octanol–water partition coefficient (Wildman–Crippen LogP) is 0.659. The number of anilines is 1. The van der Waals surface area contributed by atoms with Gasteiger partial charge in [-0.1, -0.05) is 0 Å². The summed E-state index contributed by atoms with van der Waals surface area (Å²) in [5, 5.41) is 5.92. The van der Waals surface area contributed by atoms with Crippen molar-refractivity contribution in [3.63, 3.8) is 0 Å². The van der Waals surface area contributed by atoms with Crippen molar-refractivity contribution in [2.45, 2.75) is 20.0 Å². The van der Waals surface area contributed by atoms with Gasteiger partial charge in [-0.25, -0.2) is 8.42 Å². The number of rotatable bonds is 9. The highest BCUT2D eigenvalue weighted by Gasteiger charge is 2.17. The second-order valence-corrected chi connectivity index (χ2v) is 8.22. The molecular weight excluding hydrogens is 392 g/mol. The Hall–Kier alpha value is -1.55. The van der Waals surface area contributed by atoms with Crippen LogP contribution in [-0.4, -0.2) is 70.4 Å². The van der Waals surface area contributed by atoms with Gasteiger partial charge in [-0.05, 0) is 38.1 Å². The van der Waals surface area contributed by atoms with Crippen LogP contribution in [0.3, 0.4) is 0 Å². The number of nitrogens with one attached hydrogen (secondary N) is 3. The Kier molecular flexibility index (Phi) is 9.86. The van der Waals surface area contributed by atoms with Crippen molar-refractivity contribution in [2.24, 2.45) is 0 Å². The summed E-state index contributed by atoms with van der Waals surface area (Å²) < 4.78 is 32.1. The molecule has 1 heterocycles. The van der Waals surface area contributed by atoms with Crippen molar-refractivity contribution in [3.05, 3.63) is 24.3 Å². The van der Waals surface area contributed by atoms with Gasteiger partial charge >= 0.3 is 0 Å². The van der Waals surface area contributed by atoms with E-state index in [2.05, 4.69) is 20.3 Å². The summed E-state index contributed by atoms with van der Waals surface area (Å²) >= 11 is 0. The molecule has 2 rings (SSSR count). The van der Waals surface area contributed by atoms with E-state index in [1.165, 1.54) is 0 Å². The molecule has 0 aromatic heterocycles. The smallest absolute Gasteiger partial charge is 0.241 e. The van der Waals surface area contributed by atoms with Gasteiger partial charge in [0.25, 0.3) is 0 Å². The first-order valence-electron chi connectivity index (χ1n) is 8.81. The van der Waals surface area contributed by atoms with Gasteiger partial charge in [0.15, 0.2) is 0 Å². The third-order valence-electron chi connectivity index (χ3n) is 3.78. The van der Waals surface area contributed by atoms with Gasteiger partial charge in [-0.2, -0.15) is 0 Å². The molecule has 8 nitrogen and oxygen atoms in total. The zero-order valence-corrected chi connectivity index (χ0v) is 17.4. The van der Waals surface area contributed by atoms with Gasteiger partial charge in [0.1, 0.15) is 11.5 Å². The van der Waals surface area contributed by atoms with Crippen LogP contribution in [0.2, 0.25) is 0 Å². The first kappa shape index (κ1) is 23.5. The molecule has 0 radical (unpaired) electrons. The SMILES string of the molecule is CC(C)Oc1ccc(NS(=O)(=O)CC(=O)NCCN2CCNCC2)cc1.Cl. The van der Waals surface area contributed by atoms with E-state index in [0.29, 0.717) is 18.0 Å². The molecule has 0 saturated carbocycles. The normalized spacial score (nSPS) is 15.1. The first-order valence-corrected chi connectivity index (χ1v) is 10.5. The number of carbonyl (C=O) groups is 1. The van der Waals surface area contributed by atoms with Crippen LogP contribution in [-0.2, 0) is 14.8 Å². The maximum Gasteiger partial charge on any atom is 0.241 e. The Morgan fingerprint density at radius 2 is 1.85 bits per heavy atom. The molecule has 3 N–H and O–H groups in total. The molecule has 1 aliphatic heterocycles. The molecule has 1 aliphatic rings. The molecule has 1 fully saturated rings. The fraction of sp³-hybridized carbons (Fsp3) is 0.588. The van der Waals surface area contributed by atoms with E-state index in [-0.39, 0.29) is 18.5 Å². The lowest BCUT2D eigenvalue weighted by Crippen LogP contribution is -2.46. The summed E-state index contributed by atoms with van der Waals surface area (Å²) in [7, 11) is -3.75. The first-order chi connectivity index (χ1) is 12.3. The Balaban J connectivity index is 0.00000364. The average Bonchev–Trinajstić information content (AvgIpc) is 2.56. The predicted molar refractivity (Wildman–Crippen MR) is 109 cm³/mol. The van der Waals surface area contributed by atoms with Gasteiger partial charge in [-0.15, -0.1) is 12.4 Å². The van der Waals surface area contributed by atoms with Crippen molar-refractivity contribution in [3.8, 4) is 5.75 Å². The van der Waals surface area contributed by atoms with Crippen molar-refractivity contribution in [1.29, 1.82) is 0 Å². The van der Waals surface area contributed by atoms with Crippen LogP contribution in [0.15, 0.2) is 24.3 Å². The van der Waals surface area contributed by atoms with E-state index in [9.17, 15) is 13.2 Å². The minimum absolute atomic E-state index is 0. The zero-order valence-electron chi connectivity index (χ0n) is 15.7. The fourth-order valence-corrected chi connectivity index (χ4v) is 3.62. The summed E-state index contributed by atoms with van der Waals surface area (Å²) in [6.45, 7) is 8.74. The average molecular weight is 421 g/mol. The highest BCUT2D eigenvalue weighted by atomic mass is 35.5. The number of benzene rings is 1. The second-order valence-electron chi connectivity index (χ2n) is 6.49. The number of sulfonamides is 1. The number of ether oxygens (including phenoxy) is 1. The van der Waals surface area contributed by atoms with Crippen LogP contribution in [0.1, 0.15) is 13.8 Å². The number of piperazine rings is 1. The summed E-state index contributed by atoms with van der Waals surface area (Å²) in [6, 6.07) is 6.59. The Bertz CT molecular complexity index is 677. The molecule has 0 bridgehead atoms. The van der Waals surface area contributed by atoms with Crippen molar-refractivity contribution in [2.75, 3.05) is 49.7 Å². The van der Waals surface area contributed by atoms with Crippen molar-refractivity contribution < 1.29 is 17.9 Å². The fourth-order valence-electron chi connectivity index (χ4n) is 2.60. The molecule has 154 valence electrons. The van der Waals surface area contributed by atoms with E-state index in [1.54, 1.807) is 24.3 Å². The van der Waals surface area contributed by atoms with Crippen LogP contribution in [0.4, 0.5) is 5.69 Å². The van der Waals surface area contributed by atoms with E-state index in [4.69, 9.17) is 4.74 Å². The highest BCUT2D eigenvalue weighted by molar-refractivity contribution is 7.93. The summed E-state index contributed by atoms with van der Waals surface area (Å²) in [4.78, 5) is 14.1. The largest absolute Gasteiger partial charge is 0.491 e. The van der Waals surface area contributed by atoms with Gasteiger partial charge < -0.3 is 15.4 Å². The highest BCUT2D eigenvalue weighted by Crippen LogP contribution is 2.17. The van der Waals surface area contributed by atoms with Crippen molar-refractivity contribution >= 4 is 34.0 Å². The van der Waals surface area contributed by atoms with E-state index < -0.39 is 21.7 Å². The molecule has 27 heavy (non-hydrogen) atoms. The maximum absolute atomic E-state index is 12.1. The molecule has 0 spiro atoms. The summed E-state index contributed by atoms with van der Waals surface area (Å²) in [6.07, 6.45) is 0.0439. The number of hydrogen-bond acceptors (Lipinski definition) is 6. The van der Waals surface area contributed by atoms with Crippen LogP contribution >= 0.6 is 12.4 Å². The number of nitrogens with zero attached hydrogens (tertiary/aromatic N) is 1. The lowest BCUT2D eigenvalue weighted by Gasteiger charge is -2.27. The third-order valence-corrected chi connectivity index (χ3v) is 4.97. The standard InChI is InChI=1S/C17H28N4O4S.ClH/c1-14(2)25-16-5-3-15(4-6-16)20-26(23,24)13-17(22)19-9-12-21-10-7-18-8-11-21;/h3-6,14,18,20H,7-13H2,1-2H3,(H,19,22);1H. The third kappa shape index (κ3) is 9.28.